The molecular weight excluding hydrogens is 288 g/mol. The Balaban J connectivity index is 2.08. The van der Waals surface area contributed by atoms with E-state index in [9.17, 15) is 0 Å². The molecule has 0 heterocycles. The largest absolute Gasteiger partial charge is 0.503 e. The molecule has 0 N–H and O–H groups in total. The second kappa shape index (κ2) is 5.06. The summed E-state index contributed by atoms with van der Waals surface area (Å²) < 4.78 is 16.9. The molecule has 4 atom stereocenters. The second-order valence-corrected chi connectivity index (χ2v) is 8.78. The Kier molecular flexibility index (Phi) is 4.12. The van der Waals surface area contributed by atoms with Gasteiger partial charge in [-0.1, -0.05) is 15.9 Å². The first-order valence-electron chi connectivity index (χ1n) is 5.92. The van der Waals surface area contributed by atoms with Crippen molar-refractivity contribution in [3.8, 4) is 0 Å². The summed E-state index contributed by atoms with van der Waals surface area (Å²) in [7, 11) is 2.79. The molecule has 3 nitrogen and oxygen atoms in total. The van der Waals surface area contributed by atoms with Gasteiger partial charge < -0.3 is 13.3 Å². The molecule has 4 unspecified atom stereocenters. The van der Waals surface area contributed by atoms with Crippen molar-refractivity contribution in [1.82, 2.24) is 0 Å². The zero-order chi connectivity index (χ0) is 11.8. The predicted octanol–water partition coefficient (Wildman–Crippen LogP) is 2.68. The number of rotatable bonds is 5. The van der Waals surface area contributed by atoms with Gasteiger partial charge in [-0.3, -0.25) is 0 Å². The van der Waals surface area contributed by atoms with Crippen LogP contribution in [0.1, 0.15) is 19.3 Å². The molecule has 16 heavy (non-hydrogen) atoms. The minimum Gasteiger partial charge on any atom is -0.377 e. The first-order valence-corrected chi connectivity index (χ1v) is 8.84. The van der Waals surface area contributed by atoms with E-state index in [0.29, 0.717) is 5.54 Å². The average Bonchev–Trinajstić information content (AvgIpc) is 2.91. The van der Waals surface area contributed by atoms with Crippen LogP contribution in [0.15, 0.2) is 0 Å². The lowest BCUT2D eigenvalue weighted by molar-refractivity contribution is 0.0989. The molecule has 2 bridgehead atoms. The van der Waals surface area contributed by atoms with E-state index in [0.717, 1.165) is 23.1 Å². The van der Waals surface area contributed by atoms with E-state index in [1.807, 2.05) is 0 Å². The van der Waals surface area contributed by atoms with Crippen LogP contribution < -0.4 is 0 Å². The van der Waals surface area contributed by atoms with Crippen molar-refractivity contribution >= 4 is 24.7 Å². The topological polar surface area (TPSA) is 27.7 Å². The molecule has 0 radical (unpaired) electrons. The summed E-state index contributed by atoms with van der Waals surface area (Å²) in [6, 6.07) is 0. The van der Waals surface area contributed by atoms with Crippen molar-refractivity contribution in [2.45, 2.75) is 24.8 Å². The molecule has 0 aliphatic heterocycles. The number of hydrogen-bond acceptors (Lipinski definition) is 3. The van der Waals surface area contributed by atoms with Gasteiger partial charge in [0.2, 0.25) is 0 Å². The van der Waals surface area contributed by atoms with Crippen molar-refractivity contribution in [1.29, 1.82) is 0 Å². The Hall–Kier alpha value is 0.577. The first-order chi connectivity index (χ1) is 7.70. The Morgan fingerprint density at radius 2 is 1.62 bits per heavy atom. The van der Waals surface area contributed by atoms with Crippen LogP contribution in [-0.2, 0) is 13.3 Å². The fraction of sp³-hybridized carbons (Fsp3) is 1.00. The van der Waals surface area contributed by atoms with Crippen LogP contribution >= 0.6 is 15.9 Å². The monoisotopic (exact) mass is 308 g/mol. The lowest BCUT2D eigenvalue weighted by atomic mass is 9.90. The van der Waals surface area contributed by atoms with E-state index in [2.05, 4.69) is 15.9 Å². The average molecular weight is 309 g/mol. The highest BCUT2D eigenvalue weighted by Crippen LogP contribution is 2.58. The Morgan fingerprint density at radius 3 is 2.00 bits per heavy atom. The predicted molar refractivity (Wildman–Crippen MR) is 68.6 cm³/mol. The van der Waals surface area contributed by atoms with Crippen molar-refractivity contribution < 1.29 is 13.3 Å². The van der Waals surface area contributed by atoms with Gasteiger partial charge in [-0.05, 0) is 37.0 Å². The molecule has 0 aromatic rings. The Bertz CT molecular complexity index is 239. The van der Waals surface area contributed by atoms with Crippen molar-refractivity contribution in [3.05, 3.63) is 0 Å². The summed E-state index contributed by atoms with van der Waals surface area (Å²) in [6.07, 6.45) is 3.87. The number of hydrogen-bond donors (Lipinski definition) is 0. The summed E-state index contributed by atoms with van der Waals surface area (Å²) >= 11 is 3.62. The van der Waals surface area contributed by atoms with Crippen molar-refractivity contribution in [2.24, 2.45) is 17.8 Å². The molecule has 2 saturated carbocycles. The highest BCUT2D eigenvalue weighted by atomic mass is 79.9. The second-order valence-electron chi connectivity index (χ2n) is 4.96. The van der Waals surface area contributed by atoms with Gasteiger partial charge in [-0.15, -0.1) is 0 Å². The quantitative estimate of drug-likeness (QED) is 0.577. The zero-order valence-electron chi connectivity index (χ0n) is 10.2. The lowest BCUT2D eigenvalue weighted by Crippen LogP contribution is -2.49. The molecule has 0 spiro atoms. The summed E-state index contributed by atoms with van der Waals surface area (Å²) in [5.74, 6) is 2.46. The lowest BCUT2D eigenvalue weighted by Gasteiger charge is -2.36. The van der Waals surface area contributed by atoms with E-state index < -0.39 is 8.80 Å². The summed E-state index contributed by atoms with van der Waals surface area (Å²) in [5, 5.41) is 1.14. The van der Waals surface area contributed by atoms with E-state index in [1.165, 1.54) is 19.3 Å². The van der Waals surface area contributed by atoms with Gasteiger partial charge in [0.05, 0.1) is 0 Å². The van der Waals surface area contributed by atoms with E-state index >= 15 is 0 Å². The van der Waals surface area contributed by atoms with Crippen LogP contribution in [-0.4, -0.2) is 35.5 Å². The highest BCUT2D eigenvalue weighted by molar-refractivity contribution is 9.09. The van der Waals surface area contributed by atoms with Gasteiger partial charge in [0, 0.05) is 32.2 Å². The third-order valence-electron chi connectivity index (χ3n) is 4.51. The molecule has 0 aromatic carbocycles. The molecule has 0 aromatic heterocycles. The van der Waals surface area contributed by atoms with Gasteiger partial charge in [0.15, 0.2) is 0 Å². The maximum absolute atomic E-state index is 5.62. The Labute approximate surface area is 107 Å². The fourth-order valence-electron chi connectivity index (χ4n) is 3.72. The highest BCUT2D eigenvalue weighted by Gasteiger charge is 2.58. The minimum atomic E-state index is -2.40. The maximum atomic E-state index is 5.62. The molecular formula is C11H21BrO3Si. The zero-order valence-corrected chi connectivity index (χ0v) is 12.8. The van der Waals surface area contributed by atoms with E-state index in [1.54, 1.807) is 21.3 Å². The van der Waals surface area contributed by atoms with Crippen molar-refractivity contribution in [3.63, 3.8) is 0 Å². The first kappa shape index (κ1) is 13.0. The van der Waals surface area contributed by atoms with Gasteiger partial charge >= 0.3 is 8.80 Å². The minimum absolute atomic E-state index is 0.521. The van der Waals surface area contributed by atoms with Crippen LogP contribution in [0.2, 0.25) is 5.54 Å². The van der Waals surface area contributed by atoms with Crippen LogP contribution in [0.3, 0.4) is 0 Å². The summed E-state index contributed by atoms with van der Waals surface area (Å²) in [4.78, 5) is 0. The van der Waals surface area contributed by atoms with E-state index in [-0.39, 0.29) is 0 Å². The van der Waals surface area contributed by atoms with Crippen LogP contribution in [0, 0.1) is 17.8 Å². The molecule has 2 fully saturated rings. The van der Waals surface area contributed by atoms with E-state index in [4.69, 9.17) is 13.3 Å². The molecule has 5 heteroatoms. The molecule has 0 saturated heterocycles. The van der Waals surface area contributed by atoms with Crippen LogP contribution in [0.5, 0.6) is 0 Å². The Morgan fingerprint density at radius 1 is 1.00 bits per heavy atom. The number of alkyl halides is 1. The van der Waals surface area contributed by atoms with Gasteiger partial charge in [-0.2, -0.15) is 0 Å². The summed E-state index contributed by atoms with van der Waals surface area (Å²) in [5.41, 5.74) is 0.521. The molecule has 2 aliphatic carbocycles. The molecule has 2 rings (SSSR count). The third kappa shape index (κ3) is 1.90. The normalized spacial score (nSPS) is 38.2. The number of halogens is 1. The van der Waals surface area contributed by atoms with Crippen LogP contribution in [0.4, 0.5) is 0 Å². The third-order valence-corrected chi connectivity index (χ3v) is 8.66. The summed E-state index contributed by atoms with van der Waals surface area (Å²) in [6.45, 7) is 0. The fourth-order valence-corrected chi connectivity index (χ4v) is 7.36. The smallest absolute Gasteiger partial charge is 0.377 e. The standard InChI is InChI=1S/C11H21BrO3Si/c1-13-16(14-2,15-3)11-6-8-4-9(11)5-10(8)7-12/h8-11H,4-7H2,1-3H3. The molecule has 0 amide bonds. The van der Waals surface area contributed by atoms with Gasteiger partial charge in [-0.25, -0.2) is 0 Å². The maximum Gasteiger partial charge on any atom is 0.503 e. The molecule has 94 valence electrons. The van der Waals surface area contributed by atoms with Gasteiger partial charge in [0.1, 0.15) is 0 Å². The molecule has 2 aliphatic rings. The van der Waals surface area contributed by atoms with Crippen LogP contribution in [0.25, 0.3) is 0 Å². The van der Waals surface area contributed by atoms with Crippen molar-refractivity contribution in [2.75, 3.05) is 26.7 Å². The SMILES string of the molecule is CO[Si](OC)(OC)C1CC2CC1CC2CBr. The van der Waals surface area contributed by atoms with Gasteiger partial charge in [0.25, 0.3) is 0 Å². The number of fused-ring (bicyclic) bond motifs is 2.